The summed E-state index contributed by atoms with van der Waals surface area (Å²) >= 11 is 0. The summed E-state index contributed by atoms with van der Waals surface area (Å²) in [6.45, 7) is 7.18. The molecule has 0 saturated carbocycles. The molecule has 0 rings (SSSR count). The van der Waals surface area contributed by atoms with Crippen molar-refractivity contribution in [3.63, 3.8) is 0 Å². The average molecular weight is 1240 g/mol. The topological polar surface area (TPSA) is 237 Å². The highest BCUT2D eigenvalue weighted by Gasteiger charge is 2.30. The van der Waals surface area contributed by atoms with E-state index in [1.807, 2.05) is 0 Å². The fourth-order valence-electron chi connectivity index (χ4n) is 9.76. The van der Waals surface area contributed by atoms with E-state index in [0.717, 1.165) is 102 Å². The van der Waals surface area contributed by atoms with E-state index in [9.17, 15) is 43.2 Å². The summed E-state index contributed by atoms with van der Waals surface area (Å²) in [7, 11) is -9.88. The smallest absolute Gasteiger partial charge is 0.462 e. The maximum absolute atomic E-state index is 13.0. The summed E-state index contributed by atoms with van der Waals surface area (Å²) in [5.41, 5.74) is 0. The Morgan fingerprint density at radius 2 is 0.548 bits per heavy atom. The summed E-state index contributed by atoms with van der Waals surface area (Å²) in [4.78, 5) is 72.1. The Morgan fingerprint density at radius 3 is 0.810 bits per heavy atom. The number of aliphatic hydroxyl groups excluding tert-OH is 1. The molecule has 19 heteroatoms. The molecular formula is C65H126O17P2. The first kappa shape index (κ1) is 82.1. The van der Waals surface area contributed by atoms with Crippen LogP contribution in [0.3, 0.4) is 0 Å². The number of aliphatic hydroxyl groups is 1. The Hall–Kier alpha value is -1.94. The van der Waals surface area contributed by atoms with Crippen LogP contribution in [0.25, 0.3) is 0 Å². The lowest BCUT2D eigenvalue weighted by atomic mass is 10.0. The van der Waals surface area contributed by atoms with Gasteiger partial charge in [-0.05, 0) is 31.6 Å². The molecule has 0 aromatic rings. The standard InChI is InChI=1S/C65H126O17P2/c1-6-9-12-15-18-21-30-34-39-44-49-63(68)76-55-61(82-65(70)51-46-41-36-31-27-25-23-22-24-26-29-32-37-42-47-58(4)5)57-80-84(73,74)78-53-59(66)52-77-83(71,72)79-56-60(54-75-62(67)48-43-38-33-20-17-14-11-8-3)81-64(69)50-45-40-35-28-19-16-13-10-7-2/h58-61,66H,6-57H2,1-5H3,(H,71,72)(H,73,74)/t59-,60+,61+/m0/s1. The Bertz CT molecular complexity index is 1640. The lowest BCUT2D eigenvalue weighted by molar-refractivity contribution is -0.161. The van der Waals surface area contributed by atoms with Crippen molar-refractivity contribution in [1.82, 2.24) is 0 Å². The van der Waals surface area contributed by atoms with Gasteiger partial charge in [-0.1, -0.05) is 279 Å². The Balaban J connectivity index is 5.18. The maximum atomic E-state index is 13.0. The predicted octanol–water partition coefficient (Wildman–Crippen LogP) is 18.2. The van der Waals surface area contributed by atoms with Gasteiger partial charge in [-0.15, -0.1) is 0 Å². The summed E-state index contributed by atoms with van der Waals surface area (Å²) in [6.07, 6.45) is 43.1. The van der Waals surface area contributed by atoms with Crippen LogP contribution in [0.2, 0.25) is 0 Å². The van der Waals surface area contributed by atoms with Crippen LogP contribution < -0.4 is 0 Å². The van der Waals surface area contributed by atoms with Crippen LogP contribution in [0, 0.1) is 5.92 Å². The number of phosphoric ester groups is 2. The first-order chi connectivity index (χ1) is 40.5. The highest BCUT2D eigenvalue weighted by atomic mass is 31.2. The lowest BCUT2D eigenvalue weighted by Gasteiger charge is -2.21. The van der Waals surface area contributed by atoms with Gasteiger partial charge in [0.1, 0.15) is 19.3 Å². The van der Waals surface area contributed by atoms with Crippen LogP contribution in [0.4, 0.5) is 0 Å². The molecule has 0 aromatic carbocycles. The third-order valence-electron chi connectivity index (χ3n) is 15.0. The van der Waals surface area contributed by atoms with Crippen LogP contribution in [0.1, 0.15) is 330 Å². The number of phosphoric acid groups is 2. The van der Waals surface area contributed by atoms with Crippen molar-refractivity contribution in [2.75, 3.05) is 39.6 Å². The molecule has 0 radical (unpaired) electrons. The second-order valence-corrected chi connectivity index (χ2v) is 26.9. The maximum Gasteiger partial charge on any atom is 0.472 e. The van der Waals surface area contributed by atoms with Crippen molar-refractivity contribution in [3.8, 4) is 0 Å². The zero-order chi connectivity index (χ0) is 62.0. The molecule has 5 atom stereocenters. The molecule has 17 nitrogen and oxygen atoms in total. The quantitative estimate of drug-likeness (QED) is 0.0222. The van der Waals surface area contributed by atoms with Gasteiger partial charge in [0.15, 0.2) is 12.2 Å². The van der Waals surface area contributed by atoms with Gasteiger partial charge < -0.3 is 33.8 Å². The minimum Gasteiger partial charge on any atom is -0.462 e. The van der Waals surface area contributed by atoms with Crippen molar-refractivity contribution >= 4 is 39.5 Å². The van der Waals surface area contributed by atoms with Crippen LogP contribution >= 0.6 is 15.6 Å². The van der Waals surface area contributed by atoms with E-state index in [1.54, 1.807) is 0 Å². The number of rotatable bonds is 65. The SMILES string of the molecule is CCCCCCCCCCCCC(=O)OC[C@H](COP(=O)(O)OC[C@@H](O)COP(=O)(O)OC[C@@H](COC(=O)CCCCCCCCCC)OC(=O)CCCCCCCCCCC)OC(=O)CCCCCCCCCCCCCCCCC(C)C. The number of carbonyl (C=O) groups is 4. The Kier molecular flexibility index (Phi) is 57.4. The van der Waals surface area contributed by atoms with Crippen molar-refractivity contribution in [3.05, 3.63) is 0 Å². The molecule has 0 spiro atoms. The molecule has 0 aliphatic rings. The molecule has 0 bridgehead atoms. The van der Waals surface area contributed by atoms with Gasteiger partial charge in [-0.2, -0.15) is 0 Å². The van der Waals surface area contributed by atoms with Gasteiger partial charge in [-0.25, -0.2) is 9.13 Å². The number of hydrogen-bond acceptors (Lipinski definition) is 15. The molecule has 84 heavy (non-hydrogen) atoms. The zero-order valence-corrected chi connectivity index (χ0v) is 55.8. The molecule has 0 aliphatic carbocycles. The third kappa shape index (κ3) is 59.0. The normalized spacial score (nSPS) is 14.2. The molecule has 498 valence electrons. The highest BCUT2D eigenvalue weighted by Crippen LogP contribution is 2.45. The van der Waals surface area contributed by atoms with Crippen LogP contribution in [-0.4, -0.2) is 96.7 Å². The monoisotopic (exact) mass is 1240 g/mol. The molecule has 0 amide bonds. The van der Waals surface area contributed by atoms with E-state index < -0.39 is 97.5 Å². The summed E-state index contributed by atoms with van der Waals surface area (Å²) in [5, 5.41) is 10.5. The van der Waals surface area contributed by atoms with E-state index in [4.69, 9.17) is 37.0 Å². The van der Waals surface area contributed by atoms with Crippen molar-refractivity contribution in [1.29, 1.82) is 0 Å². The van der Waals surface area contributed by atoms with E-state index in [2.05, 4.69) is 34.6 Å². The molecule has 3 N–H and O–H groups in total. The number of unbranched alkanes of at least 4 members (excludes halogenated alkanes) is 37. The van der Waals surface area contributed by atoms with E-state index in [-0.39, 0.29) is 25.7 Å². The molecular weight excluding hydrogens is 1110 g/mol. The molecule has 2 unspecified atom stereocenters. The fraction of sp³-hybridized carbons (Fsp3) is 0.938. The first-order valence-electron chi connectivity index (χ1n) is 34.1. The Labute approximate surface area is 511 Å². The first-order valence-corrected chi connectivity index (χ1v) is 37.1. The van der Waals surface area contributed by atoms with Gasteiger partial charge in [0.2, 0.25) is 0 Å². The molecule has 0 heterocycles. The van der Waals surface area contributed by atoms with Crippen molar-refractivity contribution < 1.29 is 80.2 Å². The summed E-state index contributed by atoms with van der Waals surface area (Å²) in [6, 6.07) is 0. The van der Waals surface area contributed by atoms with Crippen LogP contribution in [-0.2, 0) is 65.4 Å². The second-order valence-electron chi connectivity index (χ2n) is 24.0. The summed E-state index contributed by atoms with van der Waals surface area (Å²) in [5.74, 6) is -1.34. The van der Waals surface area contributed by atoms with Crippen LogP contribution in [0.15, 0.2) is 0 Å². The van der Waals surface area contributed by atoms with E-state index in [0.29, 0.717) is 25.7 Å². The number of carbonyl (C=O) groups excluding carboxylic acids is 4. The number of esters is 4. The average Bonchev–Trinajstić information content (AvgIpc) is 3.67. The highest BCUT2D eigenvalue weighted by molar-refractivity contribution is 7.47. The molecule has 0 fully saturated rings. The Morgan fingerprint density at radius 1 is 0.321 bits per heavy atom. The number of hydrogen-bond donors (Lipinski definition) is 3. The minimum atomic E-state index is -4.94. The lowest BCUT2D eigenvalue weighted by Crippen LogP contribution is -2.30. The second kappa shape index (κ2) is 58.7. The third-order valence-corrected chi connectivity index (χ3v) is 16.9. The van der Waals surface area contributed by atoms with Gasteiger partial charge in [-0.3, -0.25) is 37.3 Å². The summed E-state index contributed by atoms with van der Waals surface area (Å²) < 4.78 is 67.9. The zero-order valence-electron chi connectivity index (χ0n) is 54.0. The van der Waals surface area contributed by atoms with Gasteiger partial charge in [0.25, 0.3) is 0 Å². The van der Waals surface area contributed by atoms with Crippen LogP contribution in [0.5, 0.6) is 0 Å². The predicted molar refractivity (Wildman–Crippen MR) is 335 cm³/mol. The van der Waals surface area contributed by atoms with Gasteiger partial charge >= 0.3 is 39.5 Å². The molecule has 0 aliphatic heterocycles. The molecule has 0 aromatic heterocycles. The van der Waals surface area contributed by atoms with E-state index >= 15 is 0 Å². The van der Waals surface area contributed by atoms with E-state index in [1.165, 1.54) is 148 Å². The van der Waals surface area contributed by atoms with Crippen molar-refractivity contribution in [2.45, 2.75) is 348 Å². The van der Waals surface area contributed by atoms with Gasteiger partial charge in [0.05, 0.1) is 26.4 Å². The number of ether oxygens (including phenoxy) is 4. The fourth-order valence-corrected chi connectivity index (χ4v) is 11.3. The van der Waals surface area contributed by atoms with Crippen molar-refractivity contribution in [2.24, 2.45) is 5.92 Å². The van der Waals surface area contributed by atoms with Gasteiger partial charge in [0, 0.05) is 25.7 Å². The minimum absolute atomic E-state index is 0.106. The largest absolute Gasteiger partial charge is 0.472 e. The molecule has 0 saturated heterocycles.